The van der Waals surface area contributed by atoms with Gasteiger partial charge in [0, 0.05) is 22.4 Å². The average molecular weight is 284 g/mol. The van der Waals surface area contributed by atoms with Gasteiger partial charge >= 0.3 is 0 Å². The Labute approximate surface area is 120 Å². The van der Waals surface area contributed by atoms with Gasteiger partial charge in [0.25, 0.3) is 5.91 Å². The number of pyridine rings is 1. The molecule has 0 bridgehead atoms. The lowest BCUT2D eigenvalue weighted by atomic mass is 10.1. The van der Waals surface area contributed by atoms with Crippen molar-refractivity contribution in [2.45, 2.75) is 4.90 Å². The molecule has 1 aliphatic heterocycles. The van der Waals surface area contributed by atoms with Gasteiger partial charge in [0.15, 0.2) is 0 Å². The van der Waals surface area contributed by atoms with Gasteiger partial charge in [-0.3, -0.25) is 4.79 Å². The highest BCUT2D eigenvalue weighted by Crippen LogP contribution is 2.35. The topological polar surface area (TPSA) is 62.2 Å². The summed E-state index contributed by atoms with van der Waals surface area (Å²) >= 11 is 1.54. The highest BCUT2D eigenvalue weighted by Gasteiger charge is 2.23. The van der Waals surface area contributed by atoms with Crippen LogP contribution in [0.1, 0.15) is 5.56 Å². The largest absolute Gasteiger partial charge is 0.507 e. The molecule has 2 N–H and O–H groups in total. The number of nitrogens with zero attached hydrogens (tertiary/aromatic N) is 1. The zero-order chi connectivity index (χ0) is 13.9. The molecule has 4 nitrogen and oxygen atoms in total. The van der Waals surface area contributed by atoms with Crippen molar-refractivity contribution in [3.63, 3.8) is 0 Å². The molecule has 0 spiro atoms. The number of aliphatic hydroxyl groups is 1. The lowest BCUT2D eigenvalue weighted by molar-refractivity contribution is -0.112. The number of aromatic nitrogens is 1. The second-order valence-corrected chi connectivity index (χ2v) is 5.30. The molecule has 0 saturated heterocycles. The molecule has 20 heavy (non-hydrogen) atoms. The fourth-order valence-electron chi connectivity index (χ4n) is 1.97. The first-order chi connectivity index (χ1) is 9.75. The van der Waals surface area contributed by atoms with Crippen LogP contribution in [0.2, 0.25) is 0 Å². The van der Waals surface area contributed by atoms with Gasteiger partial charge in [0.2, 0.25) is 0 Å². The van der Waals surface area contributed by atoms with Gasteiger partial charge in [0.05, 0.1) is 5.57 Å². The summed E-state index contributed by atoms with van der Waals surface area (Å²) in [5, 5.41) is 12.9. The number of hydrogen-bond acceptors (Lipinski definition) is 4. The Hall–Kier alpha value is -2.27. The highest BCUT2D eigenvalue weighted by molar-refractivity contribution is 7.99. The van der Waals surface area contributed by atoms with Crippen LogP contribution in [0, 0.1) is 0 Å². The van der Waals surface area contributed by atoms with E-state index in [0.29, 0.717) is 22.7 Å². The number of rotatable bonds is 2. The van der Waals surface area contributed by atoms with Crippen molar-refractivity contribution < 1.29 is 9.90 Å². The van der Waals surface area contributed by atoms with Gasteiger partial charge < -0.3 is 10.4 Å². The lowest BCUT2D eigenvalue weighted by Gasteiger charge is -2.18. The minimum absolute atomic E-state index is 0.0489. The standard InChI is InChI=1S/C15H12N2O2S/c18-14-10-5-1-2-6-12(10)20-9-11(14)15(19)17-13-7-3-4-8-16-13/h1-8,18H,9H2,(H,16,17,19). The molecule has 0 saturated carbocycles. The lowest BCUT2D eigenvalue weighted by Crippen LogP contribution is -2.20. The third kappa shape index (κ3) is 2.40. The number of carbonyl (C=O) groups is 1. The third-order valence-corrected chi connectivity index (χ3v) is 4.08. The summed E-state index contributed by atoms with van der Waals surface area (Å²) in [4.78, 5) is 17.2. The van der Waals surface area contributed by atoms with Crippen LogP contribution in [-0.4, -0.2) is 21.8 Å². The number of amides is 1. The van der Waals surface area contributed by atoms with Gasteiger partial charge in [-0.05, 0) is 18.2 Å². The molecule has 2 heterocycles. The van der Waals surface area contributed by atoms with E-state index < -0.39 is 0 Å². The molecule has 1 aromatic heterocycles. The van der Waals surface area contributed by atoms with E-state index in [2.05, 4.69) is 10.3 Å². The number of carbonyl (C=O) groups excluding carboxylic acids is 1. The Morgan fingerprint density at radius 2 is 2.00 bits per heavy atom. The average Bonchev–Trinajstić information content (AvgIpc) is 2.49. The van der Waals surface area contributed by atoms with Gasteiger partial charge in [-0.2, -0.15) is 0 Å². The van der Waals surface area contributed by atoms with Crippen molar-refractivity contribution in [3.05, 3.63) is 59.8 Å². The second kappa shape index (κ2) is 5.38. The Kier molecular flexibility index (Phi) is 3.43. The maximum absolute atomic E-state index is 12.2. The Balaban J connectivity index is 1.89. The Bertz CT molecular complexity index is 683. The van der Waals surface area contributed by atoms with Crippen LogP contribution in [0.5, 0.6) is 0 Å². The van der Waals surface area contributed by atoms with Crippen LogP contribution in [0.4, 0.5) is 5.82 Å². The van der Waals surface area contributed by atoms with E-state index in [1.807, 2.05) is 24.3 Å². The summed E-state index contributed by atoms with van der Waals surface area (Å²) in [5.41, 5.74) is 1.08. The summed E-state index contributed by atoms with van der Waals surface area (Å²) in [5.74, 6) is 0.652. The van der Waals surface area contributed by atoms with Crippen molar-refractivity contribution in [3.8, 4) is 0 Å². The smallest absolute Gasteiger partial charge is 0.257 e. The predicted molar refractivity (Wildman–Crippen MR) is 79.6 cm³/mol. The van der Waals surface area contributed by atoms with Gasteiger partial charge in [-0.15, -0.1) is 11.8 Å². The molecular formula is C15H12N2O2S. The van der Waals surface area contributed by atoms with Crippen molar-refractivity contribution >= 4 is 29.2 Å². The summed E-state index contributed by atoms with van der Waals surface area (Å²) in [6.07, 6.45) is 1.61. The minimum Gasteiger partial charge on any atom is -0.507 e. The molecule has 0 fully saturated rings. The fourth-order valence-corrected chi connectivity index (χ4v) is 3.03. The van der Waals surface area contributed by atoms with Gasteiger partial charge in [-0.25, -0.2) is 4.98 Å². The summed E-state index contributed by atoms with van der Waals surface area (Å²) in [6.45, 7) is 0. The third-order valence-electron chi connectivity index (χ3n) is 2.98. The normalized spacial score (nSPS) is 13.8. The molecule has 0 radical (unpaired) electrons. The van der Waals surface area contributed by atoms with Gasteiger partial charge in [-0.1, -0.05) is 24.3 Å². The van der Waals surface area contributed by atoms with Crippen molar-refractivity contribution in [2.75, 3.05) is 11.1 Å². The van der Waals surface area contributed by atoms with Crippen LogP contribution < -0.4 is 5.32 Å². The molecular weight excluding hydrogens is 272 g/mol. The molecule has 5 heteroatoms. The molecule has 0 atom stereocenters. The highest BCUT2D eigenvalue weighted by atomic mass is 32.2. The quantitative estimate of drug-likeness (QED) is 0.889. The predicted octanol–water partition coefficient (Wildman–Crippen LogP) is 3.10. The molecule has 0 aliphatic carbocycles. The van der Waals surface area contributed by atoms with Crippen molar-refractivity contribution in [1.29, 1.82) is 0 Å². The SMILES string of the molecule is O=C(Nc1ccccn1)C1=C(O)c2ccccc2SC1. The number of nitrogens with one attached hydrogen (secondary N) is 1. The van der Waals surface area contributed by atoms with Crippen LogP contribution in [0.15, 0.2) is 59.1 Å². The molecule has 1 aromatic carbocycles. The van der Waals surface area contributed by atoms with Crippen molar-refractivity contribution in [1.82, 2.24) is 4.98 Å². The zero-order valence-corrected chi connectivity index (χ0v) is 11.4. The Morgan fingerprint density at radius 1 is 1.20 bits per heavy atom. The van der Waals surface area contributed by atoms with E-state index in [9.17, 15) is 9.90 Å². The fraction of sp³-hybridized carbons (Fsp3) is 0.0667. The summed E-state index contributed by atoms with van der Waals surface area (Å²) < 4.78 is 0. The monoisotopic (exact) mass is 284 g/mol. The molecule has 2 aromatic rings. The number of anilines is 1. The van der Waals surface area contributed by atoms with E-state index in [-0.39, 0.29) is 11.7 Å². The number of fused-ring (bicyclic) bond motifs is 1. The maximum Gasteiger partial charge on any atom is 0.257 e. The number of hydrogen-bond donors (Lipinski definition) is 2. The molecule has 3 rings (SSSR count). The first-order valence-electron chi connectivity index (χ1n) is 6.12. The number of thioether (sulfide) groups is 1. The second-order valence-electron chi connectivity index (χ2n) is 4.28. The van der Waals surface area contributed by atoms with Crippen molar-refractivity contribution in [2.24, 2.45) is 0 Å². The zero-order valence-electron chi connectivity index (χ0n) is 10.5. The first kappa shape index (κ1) is 12.7. The Morgan fingerprint density at radius 3 is 2.80 bits per heavy atom. The first-order valence-corrected chi connectivity index (χ1v) is 7.11. The van der Waals surface area contributed by atoms with E-state index in [4.69, 9.17) is 0 Å². The van der Waals surface area contributed by atoms with Crippen LogP contribution in [-0.2, 0) is 4.79 Å². The molecule has 1 aliphatic rings. The van der Waals surface area contributed by atoms with Gasteiger partial charge in [0.1, 0.15) is 11.6 Å². The number of aliphatic hydroxyl groups excluding tert-OH is 1. The summed E-state index contributed by atoms with van der Waals surface area (Å²) in [6, 6.07) is 12.8. The van der Waals surface area contributed by atoms with E-state index in [1.54, 1.807) is 36.2 Å². The minimum atomic E-state index is -0.316. The van der Waals surface area contributed by atoms with E-state index >= 15 is 0 Å². The molecule has 100 valence electrons. The maximum atomic E-state index is 12.2. The molecule has 0 unspecified atom stereocenters. The van der Waals surface area contributed by atoms with Crippen LogP contribution in [0.3, 0.4) is 0 Å². The summed E-state index contributed by atoms with van der Waals surface area (Å²) in [7, 11) is 0. The van der Waals surface area contributed by atoms with Crippen LogP contribution in [0.25, 0.3) is 5.76 Å². The van der Waals surface area contributed by atoms with Crippen LogP contribution >= 0.6 is 11.8 Å². The molecule has 1 amide bonds. The van der Waals surface area contributed by atoms with E-state index in [0.717, 1.165) is 4.90 Å². The number of benzene rings is 1. The van der Waals surface area contributed by atoms with E-state index in [1.165, 1.54) is 0 Å².